The summed E-state index contributed by atoms with van der Waals surface area (Å²) < 4.78 is 4.77. The maximum Gasteiger partial charge on any atom is 0.409 e. The van der Waals surface area contributed by atoms with Crippen LogP contribution in [-0.2, 0) is 4.74 Å². The zero-order chi connectivity index (χ0) is 18.5. The summed E-state index contributed by atoms with van der Waals surface area (Å²) in [7, 11) is 0. The Hall–Kier alpha value is -2.57. The molecule has 0 saturated heterocycles. The Morgan fingerprint density at radius 1 is 0.833 bits per heavy atom. The molecular formula is C19H25NO4. The highest BCUT2D eigenvalue weighted by atomic mass is 16.6. The van der Waals surface area contributed by atoms with E-state index < -0.39 is 0 Å². The van der Waals surface area contributed by atoms with Gasteiger partial charge in [0, 0.05) is 25.9 Å². The fourth-order valence-corrected chi connectivity index (χ4v) is 1.20. The van der Waals surface area contributed by atoms with Crippen molar-refractivity contribution in [3.8, 4) is 47.4 Å². The molecule has 0 saturated carbocycles. The Bertz CT molecular complexity index is 523. The molecule has 24 heavy (non-hydrogen) atoms. The first-order chi connectivity index (χ1) is 11.7. The number of aliphatic hydroxyl groups is 2. The standard InChI is InChI=1S/C12H10O2.C7H15NO2/c13-11-9-7-5-3-1-2-4-6-8-10-12-14;1-4-8(5-2)7(9)10-6-3/h13-14H,1-2,11-12H2;4-6H2,1-3H3. The van der Waals surface area contributed by atoms with Crippen molar-refractivity contribution >= 4 is 6.09 Å². The van der Waals surface area contributed by atoms with Crippen LogP contribution >= 0.6 is 0 Å². The third-order valence-electron chi connectivity index (χ3n) is 2.30. The average molecular weight is 331 g/mol. The van der Waals surface area contributed by atoms with Crippen molar-refractivity contribution in [2.75, 3.05) is 32.9 Å². The first kappa shape index (κ1) is 23.7. The van der Waals surface area contributed by atoms with Crippen molar-refractivity contribution in [1.82, 2.24) is 4.90 Å². The van der Waals surface area contributed by atoms with E-state index in [0.29, 0.717) is 19.4 Å². The Labute approximate surface area is 145 Å². The number of hydrogen-bond acceptors (Lipinski definition) is 4. The molecule has 0 rings (SSSR count). The van der Waals surface area contributed by atoms with Crippen LogP contribution in [0.25, 0.3) is 0 Å². The molecular weight excluding hydrogens is 306 g/mol. The zero-order valence-corrected chi connectivity index (χ0v) is 14.6. The predicted molar refractivity (Wildman–Crippen MR) is 94.5 cm³/mol. The molecule has 0 unspecified atom stereocenters. The summed E-state index contributed by atoms with van der Waals surface area (Å²) in [5.74, 6) is 20.5. The lowest BCUT2D eigenvalue weighted by molar-refractivity contribution is 0.111. The molecule has 0 fully saturated rings. The lowest BCUT2D eigenvalue weighted by Gasteiger charge is -2.16. The van der Waals surface area contributed by atoms with Crippen LogP contribution in [0.3, 0.4) is 0 Å². The summed E-state index contributed by atoms with van der Waals surface area (Å²) in [5, 5.41) is 16.6. The molecule has 0 bridgehead atoms. The molecule has 5 nitrogen and oxygen atoms in total. The van der Waals surface area contributed by atoms with Crippen LogP contribution in [0.5, 0.6) is 0 Å². The molecule has 0 aromatic rings. The SMILES string of the molecule is CCOC(=O)N(CC)CC.OCC#CC#CCCC#CC#CCO. The quantitative estimate of drug-likeness (QED) is 0.601. The van der Waals surface area contributed by atoms with Gasteiger partial charge in [0.15, 0.2) is 0 Å². The summed E-state index contributed by atoms with van der Waals surface area (Å²) in [5.41, 5.74) is 0. The van der Waals surface area contributed by atoms with Gasteiger partial charge in [-0.15, -0.1) is 0 Å². The minimum Gasteiger partial charge on any atom is -0.450 e. The molecule has 0 aliphatic rings. The number of ether oxygens (including phenoxy) is 1. The number of aliphatic hydroxyl groups excluding tert-OH is 2. The summed E-state index contributed by atoms with van der Waals surface area (Å²) in [6, 6.07) is 0. The van der Waals surface area contributed by atoms with Gasteiger partial charge in [0.2, 0.25) is 0 Å². The molecule has 2 N–H and O–H groups in total. The molecule has 0 aromatic heterocycles. The third kappa shape index (κ3) is 17.5. The van der Waals surface area contributed by atoms with E-state index in [1.54, 1.807) is 11.8 Å². The topological polar surface area (TPSA) is 70.0 Å². The molecule has 0 heterocycles. The van der Waals surface area contributed by atoms with Crippen molar-refractivity contribution in [2.24, 2.45) is 0 Å². The number of hydrogen-bond donors (Lipinski definition) is 2. The second-order valence-electron chi connectivity index (χ2n) is 3.89. The first-order valence-corrected chi connectivity index (χ1v) is 7.72. The maximum atomic E-state index is 10.9. The van der Waals surface area contributed by atoms with Gasteiger partial charge in [-0.25, -0.2) is 4.79 Å². The Morgan fingerprint density at radius 3 is 1.58 bits per heavy atom. The van der Waals surface area contributed by atoms with Crippen LogP contribution in [0.2, 0.25) is 0 Å². The van der Waals surface area contributed by atoms with Gasteiger partial charge in [0.25, 0.3) is 0 Å². The molecule has 0 radical (unpaired) electrons. The smallest absolute Gasteiger partial charge is 0.409 e. The first-order valence-electron chi connectivity index (χ1n) is 7.72. The van der Waals surface area contributed by atoms with Crippen LogP contribution in [0, 0.1) is 47.4 Å². The van der Waals surface area contributed by atoms with Gasteiger partial charge in [0.05, 0.1) is 6.61 Å². The number of amides is 1. The van der Waals surface area contributed by atoms with Crippen LogP contribution < -0.4 is 0 Å². The van der Waals surface area contributed by atoms with Crippen molar-refractivity contribution in [2.45, 2.75) is 33.6 Å². The number of carbonyl (C=O) groups is 1. The highest BCUT2D eigenvalue weighted by Crippen LogP contribution is 1.91. The molecule has 130 valence electrons. The molecule has 0 aliphatic heterocycles. The van der Waals surface area contributed by atoms with Gasteiger partial charge in [-0.3, -0.25) is 0 Å². The molecule has 1 amide bonds. The van der Waals surface area contributed by atoms with Gasteiger partial charge in [-0.1, -0.05) is 23.7 Å². The van der Waals surface area contributed by atoms with E-state index in [-0.39, 0.29) is 19.3 Å². The molecule has 0 aliphatic carbocycles. The van der Waals surface area contributed by atoms with E-state index in [4.69, 9.17) is 14.9 Å². The number of unbranched alkanes of at least 4 members (excludes halogenated alkanes) is 1. The highest BCUT2D eigenvalue weighted by Gasteiger charge is 2.07. The maximum absolute atomic E-state index is 10.9. The third-order valence-corrected chi connectivity index (χ3v) is 2.30. The van der Waals surface area contributed by atoms with E-state index in [9.17, 15) is 4.79 Å². The normalized spacial score (nSPS) is 7.38. The van der Waals surface area contributed by atoms with Crippen LogP contribution in [0.1, 0.15) is 33.6 Å². The van der Waals surface area contributed by atoms with Gasteiger partial charge in [-0.05, 0) is 44.5 Å². The Kier molecular flexibility index (Phi) is 20.2. The van der Waals surface area contributed by atoms with Crippen LogP contribution in [0.15, 0.2) is 0 Å². The molecule has 0 aromatic carbocycles. The predicted octanol–water partition coefficient (Wildman–Crippen LogP) is 1.25. The lowest BCUT2D eigenvalue weighted by atomic mass is 10.3. The van der Waals surface area contributed by atoms with Gasteiger partial charge >= 0.3 is 6.09 Å². The molecule has 0 atom stereocenters. The summed E-state index contributed by atoms with van der Waals surface area (Å²) in [4.78, 5) is 12.6. The number of carbonyl (C=O) groups excluding carboxylic acids is 1. The minimum atomic E-state index is -0.215. The molecule has 0 spiro atoms. The fraction of sp³-hybridized carbons (Fsp3) is 0.526. The van der Waals surface area contributed by atoms with Crippen LogP contribution in [-0.4, -0.2) is 54.1 Å². The van der Waals surface area contributed by atoms with Crippen molar-refractivity contribution in [3.05, 3.63) is 0 Å². The van der Waals surface area contributed by atoms with E-state index in [1.165, 1.54) is 0 Å². The number of nitrogens with zero attached hydrogens (tertiary/aromatic N) is 1. The van der Waals surface area contributed by atoms with Crippen molar-refractivity contribution in [1.29, 1.82) is 0 Å². The van der Waals surface area contributed by atoms with E-state index in [1.807, 2.05) is 13.8 Å². The minimum absolute atomic E-state index is 0.161. The lowest BCUT2D eigenvalue weighted by Crippen LogP contribution is -2.30. The number of rotatable bonds is 4. The molecule has 5 heteroatoms. The summed E-state index contributed by atoms with van der Waals surface area (Å²) >= 11 is 0. The van der Waals surface area contributed by atoms with E-state index in [0.717, 1.165) is 13.1 Å². The van der Waals surface area contributed by atoms with Crippen molar-refractivity contribution in [3.63, 3.8) is 0 Å². The van der Waals surface area contributed by atoms with Gasteiger partial charge in [-0.2, -0.15) is 0 Å². The van der Waals surface area contributed by atoms with E-state index in [2.05, 4.69) is 47.4 Å². The largest absolute Gasteiger partial charge is 0.450 e. The highest BCUT2D eigenvalue weighted by molar-refractivity contribution is 5.67. The van der Waals surface area contributed by atoms with E-state index >= 15 is 0 Å². The summed E-state index contributed by atoms with van der Waals surface area (Å²) in [6.45, 7) is 7.23. The monoisotopic (exact) mass is 331 g/mol. The zero-order valence-electron chi connectivity index (χ0n) is 14.6. The van der Waals surface area contributed by atoms with Crippen molar-refractivity contribution < 1.29 is 19.7 Å². The van der Waals surface area contributed by atoms with Gasteiger partial charge in [0.1, 0.15) is 13.2 Å². The second-order valence-corrected chi connectivity index (χ2v) is 3.89. The Balaban J connectivity index is 0. The average Bonchev–Trinajstić information content (AvgIpc) is 2.58. The second kappa shape index (κ2) is 20.4. The Morgan fingerprint density at radius 2 is 1.25 bits per heavy atom. The fourth-order valence-electron chi connectivity index (χ4n) is 1.20. The van der Waals surface area contributed by atoms with Crippen LogP contribution in [0.4, 0.5) is 4.79 Å². The summed E-state index contributed by atoms with van der Waals surface area (Å²) in [6.07, 6.45) is 1.05. The van der Waals surface area contributed by atoms with Gasteiger partial charge < -0.3 is 19.8 Å².